The Morgan fingerprint density at radius 3 is 2.69 bits per heavy atom. The molecular formula is C22H37N5OS. The quantitative estimate of drug-likeness (QED) is 0.520. The Kier molecular flexibility index (Phi) is 8.80. The van der Waals surface area contributed by atoms with Crippen LogP contribution in [0.5, 0.6) is 0 Å². The van der Waals surface area contributed by atoms with Crippen LogP contribution in [0.4, 0.5) is 0 Å². The van der Waals surface area contributed by atoms with Crippen molar-refractivity contribution in [1.29, 1.82) is 0 Å². The summed E-state index contributed by atoms with van der Waals surface area (Å²) in [5, 5.41) is 5.55. The molecule has 0 bridgehead atoms. The largest absolute Gasteiger partial charge is 0.357 e. The number of nitrogens with one attached hydrogen (secondary N) is 1. The second-order valence-corrected chi connectivity index (χ2v) is 9.17. The second-order valence-electron chi connectivity index (χ2n) is 8.13. The van der Waals surface area contributed by atoms with Crippen molar-refractivity contribution < 1.29 is 4.79 Å². The van der Waals surface area contributed by atoms with Crippen LogP contribution in [0.3, 0.4) is 0 Å². The standard InChI is InChI=1S/C22H37N5OS/c1-3-23-22(25(2)12-10-20-9-6-18-29-20)24-11-13-26-14-16-27(17-15-26)21(28)19-7-4-5-8-19/h6,9,18-19H,3-5,7-8,10-17H2,1-2H3,(H,23,24). The number of carbonyl (C=O) groups excluding carboxylic acids is 1. The van der Waals surface area contributed by atoms with Crippen molar-refractivity contribution >= 4 is 23.2 Å². The molecule has 0 radical (unpaired) electrons. The zero-order valence-corrected chi connectivity index (χ0v) is 18.9. The lowest BCUT2D eigenvalue weighted by Gasteiger charge is -2.35. The summed E-state index contributed by atoms with van der Waals surface area (Å²) in [5.41, 5.74) is 0. The molecule has 29 heavy (non-hydrogen) atoms. The van der Waals surface area contributed by atoms with Gasteiger partial charge < -0.3 is 15.1 Å². The van der Waals surface area contributed by atoms with Gasteiger partial charge in [0.1, 0.15) is 0 Å². The summed E-state index contributed by atoms with van der Waals surface area (Å²) in [7, 11) is 2.11. The minimum absolute atomic E-state index is 0.304. The first kappa shape index (κ1) is 22.1. The molecule has 1 aromatic heterocycles. The smallest absolute Gasteiger partial charge is 0.225 e. The molecule has 3 rings (SSSR count). The fraction of sp³-hybridized carbons (Fsp3) is 0.727. The number of aliphatic imine (C=N–C) groups is 1. The molecule has 1 aliphatic heterocycles. The van der Waals surface area contributed by atoms with Crippen LogP contribution in [0.2, 0.25) is 0 Å². The summed E-state index contributed by atoms with van der Waals surface area (Å²) in [6.07, 6.45) is 5.70. The number of hydrogen-bond donors (Lipinski definition) is 1. The molecule has 1 N–H and O–H groups in total. The van der Waals surface area contributed by atoms with Crippen molar-refractivity contribution in [3.8, 4) is 0 Å². The lowest BCUT2D eigenvalue weighted by molar-refractivity contribution is -0.137. The van der Waals surface area contributed by atoms with Gasteiger partial charge in [0.25, 0.3) is 0 Å². The van der Waals surface area contributed by atoms with E-state index in [0.717, 1.165) is 77.6 Å². The van der Waals surface area contributed by atoms with Gasteiger partial charge in [-0.15, -0.1) is 11.3 Å². The van der Waals surface area contributed by atoms with Crippen molar-refractivity contribution in [1.82, 2.24) is 20.0 Å². The molecule has 0 atom stereocenters. The predicted octanol–water partition coefficient (Wildman–Crippen LogP) is 2.52. The first-order valence-corrected chi connectivity index (χ1v) is 12.1. The Morgan fingerprint density at radius 1 is 1.28 bits per heavy atom. The predicted molar refractivity (Wildman–Crippen MR) is 122 cm³/mol. The van der Waals surface area contributed by atoms with Gasteiger partial charge in [-0.25, -0.2) is 0 Å². The van der Waals surface area contributed by atoms with Crippen molar-refractivity contribution in [2.75, 3.05) is 59.4 Å². The highest BCUT2D eigenvalue weighted by Gasteiger charge is 2.29. The summed E-state index contributed by atoms with van der Waals surface area (Å²) in [5.74, 6) is 1.69. The number of likely N-dealkylation sites (N-methyl/N-ethyl adjacent to an activating group) is 1. The first-order valence-electron chi connectivity index (χ1n) is 11.2. The maximum atomic E-state index is 12.6. The molecule has 2 fully saturated rings. The molecule has 2 aliphatic rings. The van der Waals surface area contributed by atoms with Gasteiger partial charge in [-0.1, -0.05) is 18.9 Å². The molecular weight excluding hydrogens is 382 g/mol. The van der Waals surface area contributed by atoms with Crippen LogP contribution in [-0.2, 0) is 11.2 Å². The minimum atomic E-state index is 0.304. The van der Waals surface area contributed by atoms with Crippen LogP contribution in [0.15, 0.2) is 22.5 Å². The molecule has 0 spiro atoms. The molecule has 1 saturated carbocycles. The fourth-order valence-corrected chi connectivity index (χ4v) is 4.93. The van der Waals surface area contributed by atoms with Gasteiger partial charge in [0, 0.05) is 63.7 Å². The van der Waals surface area contributed by atoms with E-state index in [2.05, 4.69) is 51.5 Å². The Balaban J connectivity index is 1.39. The summed E-state index contributed by atoms with van der Waals surface area (Å²) < 4.78 is 0. The van der Waals surface area contributed by atoms with E-state index in [1.807, 2.05) is 11.3 Å². The van der Waals surface area contributed by atoms with E-state index in [-0.39, 0.29) is 0 Å². The molecule has 1 aromatic rings. The number of rotatable bonds is 8. The highest BCUT2D eigenvalue weighted by atomic mass is 32.1. The van der Waals surface area contributed by atoms with Gasteiger partial charge in [-0.05, 0) is 37.6 Å². The third-order valence-electron chi connectivity index (χ3n) is 6.04. The van der Waals surface area contributed by atoms with E-state index in [1.165, 1.54) is 17.7 Å². The zero-order chi connectivity index (χ0) is 20.5. The number of nitrogens with zero attached hydrogens (tertiary/aromatic N) is 4. The monoisotopic (exact) mass is 419 g/mol. The Morgan fingerprint density at radius 2 is 2.03 bits per heavy atom. The SMILES string of the molecule is CCNC(=NCCN1CCN(C(=O)C2CCCC2)CC1)N(C)CCc1cccs1. The van der Waals surface area contributed by atoms with E-state index in [1.54, 1.807) is 0 Å². The van der Waals surface area contributed by atoms with Crippen LogP contribution in [0.25, 0.3) is 0 Å². The number of hydrogen-bond acceptors (Lipinski definition) is 4. The molecule has 1 saturated heterocycles. The van der Waals surface area contributed by atoms with E-state index in [4.69, 9.17) is 4.99 Å². The van der Waals surface area contributed by atoms with E-state index in [9.17, 15) is 4.79 Å². The number of thiophene rings is 1. The summed E-state index contributed by atoms with van der Waals surface area (Å²) >= 11 is 1.82. The number of carbonyl (C=O) groups is 1. The second kappa shape index (κ2) is 11.6. The minimum Gasteiger partial charge on any atom is -0.357 e. The van der Waals surface area contributed by atoms with Gasteiger partial charge in [0.05, 0.1) is 6.54 Å². The van der Waals surface area contributed by atoms with E-state index >= 15 is 0 Å². The average molecular weight is 420 g/mol. The topological polar surface area (TPSA) is 51.2 Å². The van der Waals surface area contributed by atoms with Gasteiger partial charge >= 0.3 is 0 Å². The summed E-state index contributed by atoms with van der Waals surface area (Å²) in [6, 6.07) is 4.31. The van der Waals surface area contributed by atoms with Crippen LogP contribution in [0, 0.1) is 5.92 Å². The van der Waals surface area contributed by atoms with Gasteiger partial charge in [0.2, 0.25) is 5.91 Å². The number of guanidine groups is 1. The zero-order valence-electron chi connectivity index (χ0n) is 18.1. The molecule has 2 heterocycles. The Bertz CT molecular complexity index is 634. The molecule has 0 unspecified atom stereocenters. The van der Waals surface area contributed by atoms with Crippen LogP contribution >= 0.6 is 11.3 Å². The van der Waals surface area contributed by atoms with Gasteiger partial charge in [-0.3, -0.25) is 14.7 Å². The molecule has 1 amide bonds. The highest BCUT2D eigenvalue weighted by molar-refractivity contribution is 7.09. The van der Waals surface area contributed by atoms with E-state index in [0.29, 0.717) is 11.8 Å². The lowest BCUT2D eigenvalue weighted by Crippen LogP contribution is -2.50. The molecule has 6 nitrogen and oxygen atoms in total. The third-order valence-corrected chi connectivity index (χ3v) is 6.97. The maximum Gasteiger partial charge on any atom is 0.225 e. The highest BCUT2D eigenvalue weighted by Crippen LogP contribution is 2.26. The van der Waals surface area contributed by atoms with Crippen LogP contribution < -0.4 is 5.32 Å². The molecule has 0 aromatic carbocycles. The first-order chi connectivity index (χ1) is 14.2. The number of piperazine rings is 1. The van der Waals surface area contributed by atoms with Crippen molar-refractivity contribution in [2.24, 2.45) is 10.9 Å². The average Bonchev–Trinajstić information content (AvgIpc) is 3.45. The lowest BCUT2D eigenvalue weighted by atomic mass is 10.1. The van der Waals surface area contributed by atoms with Crippen LogP contribution in [0.1, 0.15) is 37.5 Å². The summed E-state index contributed by atoms with van der Waals surface area (Å²) in [6.45, 7) is 9.40. The Labute approximate surface area is 180 Å². The molecule has 162 valence electrons. The van der Waals surface area contributed by atoms with Crippen molar-refractivity contribution in [2.45, 2.75) is 39.0 Å². The fourth-order valence-electron chi connectivity index (χ4n) is 4.23. The van der Waals surface area contributed by atoms with Gasteiger partial charge in [-0.2, -0.15) is 0 Å². The third kappa shape index (κ3) is 6.71. The van der Waals surface area contributed by atoms with E-state index < -0.39 is 0 Å². The normalized spacial score (nSPS) is 19.0. The molecule has 1 aliphatic carbocycles. The Hall–Kier alpha value is -1.60. The van der Waals surface area contributed by atoms with Gasteiger partial charge in [0.15, 0.2) is 5.96 Å². The number of amides is 1. The maximum absolute atomic E-state index is 12.6. The molecule has 7 heteroatoms. The summed E-state index contributed by atoms with van der Waals surface area (Å²) in [4.78, 5) is 25.6. The van der Waals surface area contributed by atoms with Crippen molar-refractivity contribution in [3.63, 3.8) is 0 Å². The van der Waals surface area contributed by atoms with Crippen molar-refractivity contribution in [3.05, 3.63) is 22.4 Å². The van der Waals surface area contributed by atoms with Crippen LogP contribution in [-0.4, -0.2) is 86.0 Å².